The van der Waals surface area contributed by atoms with E-state index in [0.29, 0.717) is 22.9 Å². The van der Waals surface area contributed by atoms with Crippen LogP contribution in [0.2, 0.25) is 5.02 Å². The predicted octanol–water partition coefficient (Wildman–Crippen LogP) is 4.86. The molecule has 0 spiro atoms. The molecule has 4 heteroatoms. The summed E-state index contributed by atoms with van der Waals surface area (Å²) in [4.78, 5) is 0. The van der Waals surface area contributed by atoms with Crippen molar-refractivity contribution >= 4 is 27.5 Å². The fourth-order valence-electron chi connectivity index (χ4n) is 1.70. The molecule has 19 heavy (non-hydrogen) atoms. The van der Waals surface area contributed by atoms with E-state index >= 15 is 0 Å². The zero-order chi connectivity index (χ0) is 13.8. The normalized spacial score (nSPS) is 10.0. The Hall–Kier alpha value is -1.50. The minimum absolute atomic E-state index is 0.425. The molecule has 0 amide bonds. The molecule has 0 unspecified atom stereocenters. The number of hydrogen-bond acceptors (Lipinski definition) is 2. The lowest BCUT2D eigenvalue weighted by molar-refractivity contribution is 0.304. The van der Waals surface area contributed by atoms with E-state index in [0.717, 1.165) is 15.6 Å². The van der Waals surface area contributed by atoms with Gasteiger partial charge in [-0.05, 0) is 42.3 Å². The molecule has 2 nitrogen and oxygen atoms in total. The Kier molecular flexibility index (Phi) is 4.47. The van der Waals surface area contributed by atoms with Gasteiger partial charge in [0, 0.05) is 4.47 Å². The highest BCUT2D eigenvalue weighted by Gasteiger charge is 2.07. The van der Waals surface area contributed by atoms with Crippen molar-refractivity contribution in [2.24, 2.45) is 0 Å². The van der Waals surface area contributed by atoms with Crippen LogP contribution in [0.25, 0.3) is 0 Å². The van der Waals surface area contributed by atoms with E-state index < -0.39 is 0 Å². The van der Waals surface area contributed by atoms with E-state index in [9.17, 15) is 0 Å². The molecule has 0 saturated heterocycles. The summed E-state index contributed by atoms with van der Waals surface area (Å²) < 4.78 is 6.68. The number of rotatable bonds is 3. The second kappa shape index (κ2) is 6.10. The van der Waals surface area contributed by atoms with E-state index in [1.54, 1.807) is 12.1 Å². The minimum atomic E-state index is 0.425. The third kappa shape index (κ3) is 3.50. The zero-order valence-electron chi connectivity index (χ0n) is 10.3. The van der Waals surface area contributed by atoms with Gasteiger partial charge >= 0.3 is 0 Å². The van der Waals surface area contributed by atoms with Gasteiger partial charge in [0.1, 0.15) is 12.4 Å². The maximum atomic E-state index is 8.73. The Labute approximate surface area is 125 Å². The Morgan fingerprint density at radius 3 is 2.53 bits per heavy atom. The summed E-state index contributed by atoms with van der Waals surface area (Å²) in [5.41, 5.74) is 2.62. The highest BCUT2D eigenvalue weighted by Crippen LogP contribution is 2.32. The third-order valence-corrected chi connectivity index (χ3v) is 3.40. The van der Waals surface area contributed by atoms with Crippen LogP contribution in [0, 0.1) is 18.3 Å². The average molecular weight is 337 g/mol. The van der Waals surface area contributed by atoms with Crippen LogP contribution >= 0.6 is 27.5 Å². The number of halogens is 2. The van der Waals surface area contributed by atoms with Crippen LogP contribution in [0.3, 0.4) is 0 Å². The molecule has 0 fully saturated rings. The standard InChI is InChI=1S/C15H11BrClNO/c1-10-6-13(16)7-14(17)15(10)19-9-12-4-2-11(8-18)3-5-12/h2-7H,9H2,1H3. The van der Waals surface area contributed by atoms with Crippen LogP contribution in [0.5, 0.6) is 5.75 Å². The van der Waals surface area contributed by atoms with Gasteiger partial charge in [-0.1, -0.05) is 39.7 Å². The van der Waals surface area contributed by atoms with Crippen LogP contribution in [-0.4, -0.2) is 0 Å². The molecule has 0 radical (unpaired) electrons. The van der Waals surface area contributed by atoms with Crippen LogP contribution in [0.4, 0.5) is 0 Å². The number of aryl methyl sites for hydroxylation is 1. The molecule has 0 atom stereocenters. The first-order valence-corrected chi connectivity index (χ1v) is 6.84. The summed E-state index contributed by atoms with van der Waals surface area (Å²) in [6.07, 6.45) is 0. The van der Waals surface area contributed by atoms with Crippen LogP contribution in [0.1, 0.15) is 16.7 Å². The second-order valence-electron chi connectivity index (χ2n) is 4.13. The molecule has 2 aromatic rings. The molecule has 0 aliphatic heterocycles. The second-order valence-corrected chi connectivity index (χ2v) is 5.45. The lowest BCUT2D eigenvalue weighted by Gasteiger charge is -2.11. The summed E-state index contributed by atoms with van der Waals surface area (Å²) in [6, 6.07) is 13.1. The number of hydrogen-bond donors (Lipinski definition) is 0. The van der Waals surface area contributed by atoms with Gasteiger partial charge in [0.05, 0.1) is 16.7 Å². The first kappa shape index (κ1) is 13.9. The van der Waals surface area contributed by atoms with E-state index in [2.05, 4.69) is 22.0 Å². The van der Waals surface area contributed by atoms with Crippen molar-refractivity contribution in [2.45, 2.75) is 13.5 Å². The van der Waals surface area contributed by atoms with Crippen LogP contribution in [-0.2, 0) is 6.61 Å². The fraction of sp³-hybridized carbons (Fsp3) is 0.133. The topological polar surface area (TPSA) is 33.0 Å². The molecule has 0 aliphatic rings. The highest BCUT2D eigenvalue weighted by atomic mass is 79.9. The highest BCUT2D eigenvalue weighted by molar-refractivity contribution is 9.10. The van der Waals surface area contributed by atoms with Gasteiger partial charge in [-0.25, -0.2) is 0 Å². The molecule has 2 aromatic carbocycles. The minimum Gasteiger partial charge on any atom is -0.487 e. The number of ether oxygens (including phenoxy) is 1. The van der Waals surface area contributed by atoms with Gasteiger partial charge in [0.2, 0.25) is 0 Å². The summed E-state index contributed by atoms with van der Waals surface area (Å²) >= 11 is 9.54. The van der Waals surface area contributed by atoms with Crippen molar-refractivity contribution < 1.29 is 4.74 Å². The molecule has 0 bridgehead atoms. The Bertz CT molecular complexity index is 609. The van der Waals surface area contributed by atoms with E-state index in [-0.39, 0.29) is 0 Å². The first-order chi connectivity index (χ1) is 9.10. The largest absolute Gasteiger partial charge is 0.487 e. The molecule has 0 aliphatic carbocycles. The summed E-state index contributed by atoms with van der Waals surface area (Å²) in [7, 11) is 0. The molecule has 96 valence electrons. The number of benzene rings is 2. The molecule has 0 saturated carbocycles. The Balaban J connectivity index is 2.12. The van der Waals surface area contributed by atoms with Crippen molar-refractivity contribution in [1.82, 2.24) is 0 Å². The van der Waals surface area contributed by atoms with Crippen molar-refractivity contribution in [3.63, 3.8) is 0 Å². The Morgan fingerprint density at radius 2 is 1.95 bits per heavy atom. The van der Waals surface area contributed by atoms with Crippen molar-refractivity contribution in [3.05, 3.63) is 62.6 Å². The Morgan fingerprint density at radius 1 is 1.26 bits per heavy atom. The van der Waals surface area contributed by atoms with Crippen molar-refractivity contribution in [2.75, 3.05) is 0 Å². The smallest absolute Gasteiger partial charge is 0.141 e. The summed E-state index contributed by atoms with van der Waals surface area (Å²) in [5.74, 6) is 0.689. The van der Waals surface area contributed by atoms with E-state index in [4.69, 9.17) is 21.6 Å². The van der Waals surface area contributed by atoms with Gasteiger partial charge in [0.25, 0.3) is 0 Å². The zero-order valence-corrected chi connectivity index (χ0v) is 12.6. The van der Waals surface area contributed by atoms with Gasteiger partial charge in [0.15, 0.2) is 0 Å². The maximum Gasteiger partial charge on any atom is 0.141 e. The molecule has 2 rings (SSSR count). The fourth-order valence-corrected chi connectivity index (χ4v) is 2.73. The van der Waals surface area contributed by atoms with Crippen molar-refractivity contribution in [3.8, 4) is 11.8 Å². The van der Waals surface area contributed by atoms with Gasteiger partial charge < -0.3 is 4.74 Å². The predicted molar refractivity (Wildman–Crippen MR) is 79.4 cm³/mol. The molecular weight excluding hydrogens is 326 g/mol. The first-order valence-electron chi connectivity index (χ1n) is 5.67. The average Bonchev–Trinajstić information content (AvgIpc) is 2.38. The van der Waals surface area contributed by atoms with Crippen molar-refractivity contribution in [1.29, 1.82) is 5.26 Å². The van der Waals surface area contributed by atoms with E-state index in [1.807, 2.05) is 31.2 Å². The SMILES string of the molecule is Cc1cc(Br)cc(Cl)c1OCc1ccc(C#N)cc1. The van der Waals surface area contributed by atoms with Crippen LogP contribution < -0.4 is 4.74 Å². The van der Waals surface area contributed by atoms with Crippen LogP contribution in [0.15, 0.2) is 40.9 Å². The lowest BCUT2D eigenvalue weighted by atomic mass is 10.1. The lowest BCUT2D eigenvalue weighted by Crippen LogP contribution is -1.98. The molecular formula is C15H11BrClNO. The monoisotopic (exact) mass is 335 g/mol. The molecule has 0 N–H and O–H groups in total. The quantitative estimate of drug-likeness (QED) is 0.801. The molecule has 0 aromatic heterocycles. The maximum absolute atomic E-state index is 8.73. The van der Waals surface area contributed by atoms with Gasteiger partial charge in [-0.2, -0.15) is 5.26 Å². The number of nitrogens with zero attached hydrogens (tertiary/aromatic N) is 1. The number of nitriles is 1. The summed E-state index contributed by atoms with van der Waals surface area (Å²) in [5, 5.41) is 9.32. The van der Waals surface area contributed by atoms with Gasteiger partial charge in [-0.15, -0.1) is 0 Å². The van der Waals surface area contributed by atoms with Gasteiger partial charge in [-0.3, -0.25) is 0 Å². The van der Waals surface area contributed by atoms with E-state index in [1.165, 1.54) is 0 Å². The third-order valence-electron chi connectivity index (χ3n) is 2.66. The molecule has 0 heterocycles. The summed E-state index contributed by atoms with van der Waals surface area (Å²) in [6.45, 7) is 2.37.